The molecule has 0 spiro atoms. The zero-order valence-electron chi connectivity index (χ0n) is 75.7. The summed E-state index contributed by atoms with van der Waals surface area (Å²) in [5.74, 6) is 12.3. The Morgan fingerprint density at radius 3 is 1.06 bits per heavy atom. The average molecular weight is 2390 g/mol. The molecular weight excluding hydrogens is 2310 g/mol. The second-order valence-electron chi connectivity index (χ2n) is 30.5. The Balaban J connectivity index is 0.000000126. The molecule has 2 N–H and O–H groups in total. The monoisotopic (exact) mass is 2390 g/mol. The number of nitrogens with zero attached hydrogens (tertiary/aromatic N) is 18. The van der Waals surface area contributed by atoms with Gasteiger partial charge >= 0.3 is 134 Å². The number of benzene rings is 10. The van der Waals surface area contributed by atoms with Crippen molar-refractivity contribution in [2.75, 3.05) is 7.11 Å². The normalized spacial score (nSPS) is 11.1. The SMILES string of the molecule is Brc1ccc2c3ccccc3n(-c3ccccn3)c2c1.CC(=O)O.COc1ccc2nc(C)n(-c3ccccn3)c2c1.Cc1nc2ccc(O)cc2n1-c1ccccn1.Cc1nc2ccc(Oc3[c-]c4c(cc3)c3ccccc3n4-c3ccccn3)[c-]c2n1-c1ccccn1.Cc1nc2ccc(Oc3ccc4c5ccccc5n(-c5ccccn5)c4c3)cc2n1-c1ccccn1.[Cl][Pt]([Cl])([Cl])[Cl].[K][K].[Pt+2]. The summed E-state index contributed by atoms with van der Waals surface area (Å²) in [6, 6.07) is 110. The van der Waals surface area contributed by atoms with E-state index in [4.69, 9.17) is 66.8 Å². The van der Waals surface area contributed by atoms with Crippen LogP contribution in [0.4, 0.5) is 0 Å². The second-order valence-corrected chi connectivity index (χ2v) is 51.1. The maximum absolute atomic E-state index is 9.55. The van der Waals surface area contributed by atoms with Gasteiger partial charge in [-0.05, 0) is 208 Å². The van der Waals surface area contributed by atoms with Gasteiger partial charge in [0.2, 0.25) is 0 Å². The van der Waals surface area contributed by atoms with E-state index in [0.29, 0.717) is 11.5 Å². The van der Waals surface area contributed by atoms with Crippen LogP contribution in [0, 0.1) is 39.8 Å². The molecule has 0 bridgehead atoms. The van der Waals surface area contributed by atoms with E-state index in [1.54, 1.807) is 56.3 Å². The number of para-hydroxylation sites is 3. The first-order valence-corrected chi connectivity index (χ1v) is 71.4. The van der Waals surface area contributed by atoms with Crippen molar-refractivity contribution < 1.29 is 62.2 Å². The molecule has 0 radical (unpaired) electrons. The number of carbonyl (C=O) groups is 1. The number of halogens is 5. The van der Waals surface area contributed by atoms with E-state index in [0.717, 1.165) is 175 Å². The number of carboxylic acids is 1. The molecule has 14 aromatic heterocycles. The third kappa shape index (κ3) is 23.2. The van der Waals surface area contributed by atoms with Gasteiger partial charge in [0.15, 0.2) is 0 Å². The minimum Gasteiger partial charge on any atom is 2.00 e. The topological polar surface area (TPSA) is 262 Å². The third-order valence-electron chi connectivity index (χ3n) is 21.8. The molecule has 33 heteroatoms. The van der Waals surface area contributed by atoms with Crippen LogP contribution in [0.25, 0.3) is 150 Å². The summed E-state index contributed by atoms with van der Waals surface area (Å²) in [6.45, 7) is 8.92. The smallest absolute Gasteiger partial charge is 2.00 e. The Morgan fingerprint density at radius 1 is 0.331 bits per heavy atom. The van der Waals surface area contributed by atoms with Crippen molar-refractivity contribution in [1.82, 2.24) is 86.8 Å². The number of aromatic nitrogens is 18. The van der Waals surface area contributed by atoms with E-state index < -0.39 is 17.9 Å². The van der Waals surface area contributed by atoms with Gasteiger partial charge in [0.25, 0.3) is 5.97 Å². The molecule has 0 atom stereocenters. The summed E-state index contributed by atoms with van der Waals surface area (Å²) in [5.41, 5.74) is 13.6. The first kappa shape index (κ1) is 100. The molecule has 0 saturated carbocycles. The van der Waals surface area contributed by atoms with Crippen molar-refractivity contribution in [3.05, 3.63) is 399 Å². The van der Waals surface area contributed by atoms with Crippen molar-refractivity contribution in [2.24, 2.45) is 0 Å². The summed E-state index contributed by atoms with van der Waals surface area (Å²) < 4.78 is 33.5. The number of aryl methyl sites for hydroxylation is 4. The predicted octanol–water partition coefficient (Wildman–Crippen LogP) is 25.8. The molecule has 0 unspecified atom stereocenters. The molecule has 10 aromatic carbocycles. The Labute approximate surface area is 884 Å². The zero-order chi connectivity index (χ0) is 96.1. The van der Waals surface area contributed by atoms with Crippen molar-refractivity contribution in [3.63, 3.8) is 0 Å². The molecule has 0 aliphatic heterocycles. The minimum absolute atomic E-state index is 0. The summed E-state index contributed by atoms with van der Waals surface area (Å²) in [4.78, 5) is 58.7. The van der Waals surface area contributed by atoms with Crippen LogP contribution in [0.15, 0.2) is 363 Å². The molecule has 0 amide bonds. The fraction of sp³-hybridized carbons (Fsp3) is 0.0566. The quantitative estimate of drug-likeness (QED) is 0.0850. The number of hydrogen-bond donors (Lipinski definition) is 2. The van der Waals surface area contributed by atoms with E-state index in [1.807, 2.05) is 259 Å². The van der Waals surface area contributed by atoms with Crippen molar-refractivity contribution in [1.29, 1.82) is 0 Å². The molecule has 139 heavy (non-hydrogen) atoms. The van der Waals surface area contributed by atoms with Crippen LogP contribution >= 0.6 is 53.6 Å². The largest absolute Gasteiger partial charge is 2.00 e. The number of aliphatic carboxylic acids is 1. The summed E-state index contributed by atoms with van der Waals surface area (Å²) in [6.07, 6.45) is 12.5. The fourth-order valence-electron chi connectivity index (χ4n) is 16.3. The van der Waals surface area contributed by atoms with Crippen LogP contribution in [-0.2, 0) is 37.8 Å². The number of fused-ring (bicyclic) bond motifs is 13. The summed E-state index contributed by atoms with van der Waals surface area (Å²) in [7, 11) is 21.7. The maximum atomic E-state index is 9.55. The van der Waals surface area contributed by atoms with Crippen LogP contribution < -0.4 is 14.2 Å². The van der Waals surface area contributed by atoms with E-state index in [1.165, 1.54) is 90.3 Å². The zero-order valence-corrected chi connectivity index (χ0v) is 91.1. The third-order valence-corrected chi connectivity index (χ3v) is 22.3. The van der Waals surface area contributed by atoms with Crippen LogP contribution in [0.3, 0.4) is 0 Å². The molecule has 24 aromatic rings. The maximum Gasteiger partial charge on any atom is 2.00 e. The van der Waals surface area contributed by atoms with E-state index >= 15 is 0 Å². The van der Waals surface area contributed by atoms with Gasteiger partial charge < -0.3 is 33.6 Å². The van der Waals surface area contributed by atoms with Crippen LogP contribution in [0.2, 0.25) is 0 Å². The van der Waals surface area contributed by atoms with Crippen molar-refractivity contribution >= 4 is 232 Å². The second kappa shape index (κ2) is 46.3. The Morgan fingerprint density at radius 2 is 0.626 bits per heavy atom. The number of pyridine rings is 7. The number of methoxy groups -OCH3 is 1. The molecule has 14 heterocycles. The van der Waals surface area contributed by atoms with Gasteiger partial charge in [-0.2, -0.15) is 6.07 Å². The Kier molecular flexibility index (Phi) is 33.4. The minimum atomic E-state index is -3.06. The average Bonchev–Trinajstić information content (AvgIpc) is 1.59. The van der Waals surface area contributed by atoms with E-state index in [-0.39, 0.29) is 26.8 Å². The summed E-state index contributed by atoms with van der Waals surface area (Å²) >= 11 is 3.01. The van der Waals surface area contributed by atoms with Gasteiger partial charge in [0.1, 0.15) is 81.2 Å². The number of rotatable bonds is 12. The molecule has 0 saturated heterocycles. The molecule has 686 valence electrons. The van der Waals surface area contributed by atoms with E-state index in [9.17, 15) is 5.11 Å². The fourth-order valence-corrected chi connectivity index (χ4v) is 16.7. The number of phenolic OH excluding ortho intramolecular Hbond substituents is 1. The molecule has 0 fully saturated rings. The standard InChI is InChI=1S/C30H21N5O.C30H19N5O.C17H11BrN2.C14H13N3O.C13H11N3O.C2H4O2.4ClH.2K.2Pt/c2*1-20-33-25-15-13-22(19-28(25)34(20)29-10-4-6-16-31-29)36-21-12-14-24-23-8-2-3-9-26(23)35(27(24)18-21)30-11-5-7-17-32-30;18-12-8-9-14-13-5-1-2-6-15(13)20(16(14)11-12)17-7-3-4-10-19-17;1-10-16-12-7-6-11(18-2)9-13(12)17(10)14-5-3-4-8-15-14;1-9-15-11-6-5-10(17)8-12(11)16(9)13-4-2-3-7-14-13;1-2(3)4;;;;;;;;/h2-19H,1H3;2-17H,1H3;1-11H;3-9H,1-2H3;2-8,17H,1H3;1H3,(H,3,4);4*1H;;;;/q;-2;;;;;;;;;;;+2;+4/p-4. The molecule has 24 rings (SSSR count). The van der Waals surface area contributed by atoms with Crippen LogP contribution in [0.1, 0.15) is 30.2 Å². The van der Waals surface area contributed by atoms with Gasteiger partial charge in [-0.1, -0.05) is 125 Å². The number of phenols is 1. The van der Waals surface area contributed by atoms with Gasteiger partial charge in [-0.15, -0.1) is 35.7 Å². The number of imidazole rings is 4. The predicted molar refractivity (Wildman–Crippen MR) is 552 cm³/mol. The number of ether oxygens (including phenoxy) is 3. The van der Waals surface area contributed by atoms with Crippen molar-refractivity contribution in [2.45, 2.75) is 34.6 Å². The van der Waals surface area contributed by atoms with Crippen molar-refractivity contribution in [3.8, 4) is 75.2 Å². The number of hydrogen-bond acceptors (Lipinski definition) is 16. The van der Waals surface area contributed by atoms with Gasteiger partial charge in [-0.25, -0.2) is 49.8 Å². The van der Waals surface area contributed by atoms with Gasteiger partial charge in [0.05, 0.1) is 68.1 Å². The number of carboxylic acid groups (broad SMARTS) is 1. The number of aromatic hydroxyl groups is 1. The Bertz CT molecular complexity index is 8160. The van der Waals surface area contributed by atoms with E-state index in [2.05, 4.69) is 189 Å². The first-order valence-electron chi connectivity index (χ1n) is 43.4. The molecule has 24 nitrogen and oxygen atoms in total. The molecule has 0 aliphatic rings. The first-order chi connectivity index (χ1) is 67.1. The molecular formula is C106H79BrCl4K2N18O6Pt2. The van der Waals surface area contributed by atoms with Crippen LogP contribution in [0.5, 0.6) is 34.5 Å². The Hall–Kier alpha value is -11.5. The van der Waals surface area contributed by atoms with Gasteiger partial charge in [0, 0.05) is 118 Å². The van der Waals surface area contributed by atoms with Crippen LogP contribution in [-0.4, -0.2) is 173 Å². The summed E-state index contributed by atoms with van der Waals surface area (Å²) in [5, 5.41) is 24.0. The molecule has 0 aliphatic carbocycles. The van der Waals surface area contributed by atoms with Gasteiger partial charge in [-0.3, -0.25) is 32.6 Å².